The van der Waals surface area contributed by atoms with Gasteiger partial charge in [-0.3, -0.25) is 9.11 Å². The van der Waals surface area contributed by atoms with Crippen molar-refractivity contribution in [3.05, 3.63) is 0 Å². The van der Waals surface area contributed by atoms with Crippen LogP contribution in [0.5, 0.6) is 0 Å². The molecule has 0 saturated carbocycles. The Hall–Kier alpha value is -0.340. The molecular formula is C7H17NO9S2. The van der Waals surface area contributed by atoms with Crippen molar-refractivity contribution in [1.82, 2.24) is 4.72 Å². The van der Waals surface area contributed by atoms with E-state index in [0.717, 1.165) is 0 Å². The van der Waals surface area contributed by atoms with E-state index in [1.54, 1.807) is 4.72 Å². The highest BCUT2D eigenvalue weighted by molar-refractivity contribution is 7.83. The highest BCUT2D eigenvalue weighted by Gasteiger charge is 2.24. The lowest BCUT2D eigenvalue weighted by Gasteiger charge is -2.22. The Morgan fingerprint density at radius 1 is 1.21 bits per heavy atom. The molecule has 0 fully saturated rings. The van der Waals surface area contributed by atoms with Crippen LogP contribution in [0.25, 0.3) is 0 Å². The number of rotatable bonds is 9. The molecule has 0 aliphatic rings. The van der Waals surface area contributed by atoms with Crippen molar-refractivity contribution in [3.8, 4) is 0 Å². The molecule has 4 N–H and O–H groups in total. The summed E-state index contributed by atoms with van der Waals surface area (Å²) >= 11 is 0. The molecule has 0 rings (SSSR count). The van der Waals surface area contributed by atoms with Gasteiger partial charge in [0.15, 0.2) is 0 Å². The maximum Gasteiger partial charge on any atom is 0.397 e. The fraction of sp³-hybridized carbons (Fsp3) is 1.00. The largest absolute Gasteiger partial charge is 0.397 e. The maximum atomic E-state index is 10.5. The molecule has 0 bridgehead atoms. The summed E-state index contributed by atoms with van der Waals surface area (Å²) in [5.41, 5.74) is 0. The van der Waals surface area contributed by atoms with Crippen molar-refractivity contribution >= 4 is 20.7 Å². The average molecular weight is 323 g/mol. The van der Waals surface area contributed by atoms with Gasteiger partial charge in [0, 0.05) is 19.6 Å². The zero-order valence-corrected chi connectivity index (χ0v) is 11.9. The lowest BCUT2D eigenvalue weighted by atomic mass is 10.1. The fourth-order valence-electron chi connectivity index (χ4n) is 1.18. The van der Waals surface area contributed by atoms with Crippen LogP contribution in [0, 0.1) is 0 Å². The zero-order chi connectivity index (χ0) is 15.3. The van der Waals surface area contributed by atoms with E-state index in [2.05, 4.69) is 4.18 Å². The van der Waals surface area contributed by atoms with Gasteiger partial charge in [-0.05, 0) is 6.92 Å². The summed E-state index contributed by atoms with van der Waals surface area (Å²) in [6, 6.07) is -1.03. The van der Waals surface area contributed by atoms with E-state index in [-0.39, 0.29) is 6.42 Å². The van der Waals surface area contributed by atoms with Crippen molar-refractivity contribution in [2.24, 2.45) is 0 Å². The van der Waals surface area contributed by atoms with Gasteiger partial charge < -0.3 is 9.84 Å². The predicted molar refractivity (Wildman–Crippen MR) is 63.1 cm³/mol. The van der Waals surface area contributed by atoms with Crippen LogP contribution in [0.15, 0.2) is 0 Å². The fourth-order valence-corrected chi connectivity index (χ4v) is 2.13. The Balaban J connectivity index is 4.37. The second-order valence-electron chi connectivity index (χ2n) is 3.75. The summed E-state index contributed by atoms with van der Waals surface area (Å²) in [5, 5.41) is 9.63. The Bertz CT molecular complexity index is 459. The van der Waals surface area contributed by atoms with Crippen molar-refractivity contribution in [2.45, 2.75) is 31.6 Å². The number of aliphatic hydroxyl groups is 1. The van der Waals surface area contributed by atoms with E-state index in [1.807, 2.05) is 0 Å². The van der Waals surface area contributed by atoms with Gasteiger partial charge in [0.25, 0.3) is 0 Å². The quantitative estimate of drug-likeness (QED) is 0.364. The lowest BCUT2D eigenvalue weighted by Crippen LogP contribution is -2.43. The molecule has 0 amide bonds. The summed E-state index contributed by atoms with van der Waals surface area (Å²) in [4.78, 5) is 0. The number of nitrogens with one attached hydrogen (secondary N) is 1. The summed E-state index contributed by atoms with van der Waals surface area (Å²) in [5.74, 6) is 0. The Labute approximate surface area is 111 Å². The molecule has 10 nitrogen and oxygen atoms in total. The first kappa shape index (κ1) is 18.7. The molecular weight excluding hydrogens is 306 g/mol. The third kappa shape index (κ3) is 10.1. The van der Waals surface area contributed by atoms with Gasteiger partial charge >= 0.3 is 20.7 Å². The van der Waals surface area contributed by atoms with Crippen molar-refractivity contribution in [1.29, 1.82) is 0 Å². The minimum atomic E-state index is -4.63. The number of hydrogen-bond donors (Lipinski definition) is 4. The highest BCUT2D eigenvalue weighted by atomic mass is 32.3. The van der Waals surface area contributed by atoms with E-state index in [0.29, 0.717) is 0 Å². The summed E-state index contributed by atoms with van der Waals surface area (Å²) < 4.78 is 69.2. The zero-order valence-electron chi connectivity index (χ0n) is 10.3. The van der Waals surface area contributed by atoms with E-state index in [4.69, 9.17) is 13.8 Å². The first-order chi connectivity index (χ1) is 8.44. The smallest absolute Gasteiger partial charge is 0.391 e. The van der Waals surface area contributed by atoms with Crippen LogP contribution in [-0.2, 0) is 29.6 Å². The van der Waals surface area contributed by atoms with Gasteiger partial charge in [-0.15, -0.1) is 0 Å². The maximum absolute atomic E-state index is 10.5. The van der Waals surface area contributed by atoms with Gasteiger partial charge in [-0.2, -0.15) is 21.6 Å². The van der Waals surface area contributed by atoms with Crippen molar-refractivity contribution in [2.75, 3.05) is 13.7 Å². The minimum Gasteiger partial charge on any atom is -0.391 e. The van der Waals surface area contributed by atoms with Crippen LogP contribution in [0.3, 0.4) is 0 Å². The Morgan fingerprint density at radius 2 is 1.74 bits per heavy atom. The SMILES string of the molecule is COC(COS(=O)(=O)O)C[C@@H](O)C(C)NS(=O)(=O)O. The van der Waals surface area contributed by atoms with Crippen molar-refractivity contribution in [3.63, 3.8) is 0 Å². The van der Waals surface area contributed by atoms with Gasteiger partial charge in [-0.25, -0.2) is 4.18 Å². The monoisotopic (exact) mass is 323 g/mol. The minimum absolute atomic E-state index is 0.185. The predicted octanol–water partition coefficient (Wildman–Crippen LogP) is -1.65. The average Bonchev–Trinajstić information content (AvgIpc) is 2.19. The Kier molecular flexibility index (Phi) is 7.31. The summed E-state index contributed by atoms with van der Waals surface area (Å²) in [7, 11) is -7.88. The topological polar surface area (TPSA) is 159 Å². The third-order valence-corrected chi connectivity index (χ3v) is 3.26. The molecule has 0 aromatic rings. The van der Waals surface area contributed by atoms with E-state index >= 15 is 0 Å². The number of ether oxygens (including phenoxy) is 1. The number of methoxy groups -OCH3 is 1. The molecule has 116 valence electrons. The van der Waals surface area contributed by atoms with Crippen molar-refractivity contribution < 1.29 is 40.0 Å². The van der Waals surface area contributed by atoms with Crippen LogP contribution >= 0.6 is 0 Å². The standard InChI is InChI=1S/C7H17NO9S2/c1-5(8-18(10,11)12)7(9)3-6(16-2)4-17-19(13,14)15/h5-9H,3-4H2,1-2H3,(H,10,11,12)(H,13,14,15)/t5?,6?,7-/m1/s1. The summed E-state index contributed by atoms with van der Waals surface area (Å²) in [6.07, 6.45) is -2.35. The molecule has 0 aliphatic carbocycles. The molecule has 0 saturated heterocycles. The summed E-state index contributed by atoms with van der Waals surface area (Å²) in [6.45, 7) is 0.736. The molecule has 0 aliphatic heterocycles. The van der Waals surface area contributed by atoms with Crippen LogP contribution in [0.2, 0.25) is 0 Å². The number of aliphatic hydroxyl groups excluding tert-OH is 1. The molecule has 19 heavy (non-hydrogen) atoms. The molecule has 2 unspecified atom stereocenters. The number of hydrogen-bond acceptors (Lipinski definition) is 7. The van der Waals surface area contributed by atoms with E-state index in [1.165, 1.54) is 14.0 Å². The van der Waals surface area contributed by atoms with Gasteiger partial charge in [-0.1, -0.05) is 0 Å². The lowest BCUT2D eigenvalue weighted by molar-refractivity contribution is 0.00839. The van der Waals surface area contributed by atoms with Gasteiger partial charge in [0.05, 0.1) is 18.8 Å². The first-order valence-corrected chi connectivity index (χ1v) is 7.82. The second-order valence-corrected chi connectivity index (χ2v) is 6.03. The first-order valence-electron chi connectivity index (χ1n) is 5.02. The second kappa shape index (κ2) is 7.44. The van der Waals surface area contributed by atoms with Gasteiger partial charge in [0.2, 0.25) is 0 Å². The highest BCUT2D eigenvalue weighted by Crippen LogP contribution is 2.08. The molecule has 12 heteroatoms. The molecule has 0 aromatic heterocycles. The molecule has 0 heterocycles. The molecule has 0 radical (unpaired) electrons. The third-order valence-electron chi connectivity index (χ3n) is 2.15. The Morgan fingerprint density at radius 3 is 2.11 bits per heavy atom. The van der Waals surface area contributed by atoms with Crippen LogP contribution in [0.4, 0.5) is 0 Å². The molecule has 3 atom stereocenters. The molecule has 0 spiro atoms. The van der Waals surface area contributed by atoms with Crippen LogP contribution < -0.4 is 4.72 Å². The van der Waals surface area contributed by atoms with Crippen LogP contribution in [-0.4, -0.2) is 63.0 Å². The normalized spacial score (nSPS) is 17.9. The van der Waals surface area contributed by atoms with Crippen LogP contribution in [0.1, 0.15) is 13.3 Å². The molecule has 0 aromatic carbocycles. The van der Waals surface area contributed by atoms with Gasteiger partial charge in [0.1, 0.15) is 0 Å². The van der Waals surface area contributed by atoms with E-state index < -0.39 is 45.6 Å². The van der Waals surface area contributed by atoms with E-state index in [9.17, 15) is 21.9 Å².